The number of anilines is 2. The van der Waals surface area contributed by atoms with E-state index in [0.717, 1.165) is 41.9 Å². The second kappa shape index (κ2) is 11.7. The van der Waals surface area contributed by atoms with Crippen molar-refractivity contribution in [3.8, 4) is 11.8 Å². The summed E-state index contributed by atoms with van der Waals surface area (Å²) in [5.74, 6) is 4.31. The van der Waals surface area contributed by atoms with Crippen LogP contribution >= 0.6 is 0 Å². The number of ether oxygens (including phenoxy) is 1. The fourth-order valence-corrected chi connectivity index (χ4v) is 4.57. The lowest BCUT2D eigenvalue weighted by atomic mass is 10.00. The zero-order chi connectivity index (χ0) is 25.5. The maximum atomic E-state index is 13.3. The molecule has 8 nitrogen and oxygen atoms in total. The normalized spacial score (nSPS) is 13.5. The Morgan fingerprint density at radius 2 is 1.89 bits per heavy atom. The first kappa shape index (κ1) is 26.0. The number of aromatic amines is 1. The molecule has 1 aliphatic rings. The third kappa shape index (κ3) is 6.31. The van der Waals surface area contributed by atoms with Crippen LogP contribution in [0.4, 0.5) is 11.4 Å². The molecular formula is C27H34N4O4. The second-order valence-electron chi connectivity index (χ2n) is 8.75. The first-order chi connectivity index (χ1) is 16.7. The Hall–Kier alpha value is -3.57. The van der Waals surface area contributed by atoms with Crippen LogP contribution < -0.4 is 21.1 Å². The lowest BCUT2D eigenvalue weighted by molar-refractivity contribution is -0.111. The number of hydrogen-bond donors (Lipinski definition) is 3. The molecular weight excluding hydrogens is 444 g/mol. The molecule has 2 aromatic rings. The topological polar surface area (TPSA) is 104 Å². The summed E-state index contributed by atoms with van der Waals surface area (Å²) in [7, 11) is 0. The van der Waals surface area contributed by atoms with Crippen molar-refractivity contribution in [1.29, 1.82) is 0 Å². The van der Waals surface area contributed by atoms with Crippen LogP contribution in [0.3, 0.4) is 0 Å². The summed E-state index contributed by atoms with van der Waals surface area (Å²) in [6.07, 6.45) is 1.78. The molecule has 3 N–H and O–H groups in total. The van der Waals surface area contributed by atoms with E-state index in [9.17, 15) is 14.4 Å². The third-order valence-electron chi connectivity index (χ3n) is 6.32. The zero-order valence-corrected chi connectivity index (χ0v) is 21.1. The van der Waals surface area contributed by atoms with Gasteiger partial charge in [-0.25, -0.2) is 0 Å². The van der Waals surface area contributed by atoms with E-state index in [1.54, 1.807) is 13.0 Å². The quantitative estimate of drug-likeness (QED) is 0.531. The number of nitrogens with one attached hydrogen (secondary N) is 3. The molecule has 1 aromatic heterocycles. The van der Waals surface area contributed by atoms with Gasteiger partial charge < -0.3 is 25.3 Å². The molecule has 0 radical (unpaired) electrons. The standard InChI is InChI=1S/C27H34N4O4/c1-6-8-25(32)30-20-14-22(26(33)28-16-23-17(3)13-18(4)29-27(23)34)19(5)24(15-20)31(7-2)21-9-11-35-12-10-21/h13-15,21H,7,9-12,16H2,1-5H3,(H,28,33)(H,29,34)(H,30,32). The van der Waals surface area contributed by atoms with E-state index < -0.39 is 5.91 Å². The van der Waals surface area contributed by atoms with Crippen LogP contribution in [-0.4, -0.2) is 42.6 Å². The fraction of sp³-hybridized carbons (Fsp3) is 0.444. The van der Waals surface area contributed by atoms with E-state index in [1.807, 2.05) is 32.9 Å². The van der Waals surface area contributed by atoms with E-state index in [-0.39, 0.29) is 24.1 Å². The van der Waals surface area contributed by atoms with Gasteiger partial charge in [0.1, 0.15) is 0 Å². The van der Waals surface area contributed by atoms with E-state index in [1.165, 1.54) is 0 Å². The summed E-state index contributed by atoms with van der Waals surface area (Å²) in [5, 5.41) is 5.68. The Labute approximate surface area is 206 Å². The summed E-state index contributed by atoms with van der Waals surface area (Å²) < 4.78 is 5.54. The van der Waals surface area contributed by atoms with Gasteiger partial charge in [0.25, 0.3) is 17.4 Å². The molecule has 8 heteroatoms. The minimum atomic E-state index is -0.440. The van der Waals surface area contributed by atoms with E-state index >= 15 is 0 Å². The molecule has 0 aliphatic carbocycles. The number of aryl methyl sites for hydroxylation is 2. The summed E-state index contributed by atoms with van der Waals surface area (Å²) >= 11 is 0. The molecule has 1 aliphatic heterocycles. The van der Waals surface area contributed by atoms with Crippen molar-refractivity contribution in [2.75, 3.05) is 30.0 Å². The van der Waals surface area contributed by atoms with Crippen LogP contribution in [0.25, 0.3) is 0 Å². The van der Waals surface area contributed by atoms with Gasteiger partial charge in [0, 0.05) is 60.5 Å². The average molecular weight is 479 g/mol. The third-order valence-corrected chi connectivity index (χ3v) is 6.32. The van der Waals surface area contributed by atoms with Crippen LogP contribution in [0.1, 0.15) is 59.4 Å². The van der Waals surface area contributed by atoms with Gasteiger partial charge in [0.2, 0.25) is 0 Å². The number of pyridine rings is 1. The predicted octanol–water partition coefficient (Wildman–Crippen LogP) is 3.20. The molecule has 1 saturated heterocycles. The van der Waals surface area contributed by atoms with Crippen LogP contribution in [0.15, 0.2) is 23.0 Å². The van der Waals surface area contributed by atoms with Gasteiger partial charge in [-0.2, -0.15) is 0 Å². The summed E-state index contributed by atoms with van der Waals surface area (Å²) in [6.45, 7) is 11.5. The molecule has 3 rings (SSSR count). The van der Waals surface area contributed by atoms with Gasteiger partial charge >= 0.3 is 0 Å². The molecule has 0 unspecified atom stereocenters. The van der Waals surface area contributed by atoms with Gasteiger partial charge in [-0.1, -0.05) is 5.92 Å². The van der Waals surface area contributed by atoms with Crippen molar-refractivity contribution in [2.45, 2.75) is 60.0 Å². The highest BCUT2D eigenvalue weighted by molar-refractivity contribution is 6.05. The van der Waals surface area contributed by atoms with Crippen molar-refractivity contribution in [1.82, 2.24) is 10.3 Å². The number of aromatic nitrogens is 1. The molecule has 0 spiro atoms. The van der Waals surface area contributed by atoms with E-state index in [0.29, 0.717) is 30.0 Å². The number of amides is 2. The minimum Gasteiger partial charge on any atom is -0.381 e. The molecule has 1 aromatic carbocycles. The number of nitrogens with zero attached hydrogens (tertiary/aromatic N) is 1. The zero-order valence-electron chi connectivity index (χ0n) is 21.1. The average Bonchev–Trinajstić information content (AvgIpc) is 2.81. The monoisotopic (exact) mass is 478 g/mol. The number of H-pyrrole nitrogens is 1. The van der Waals surface area contributed by atoms with Gasteiger partial charge in [-0.05, 0) is 82.7 Å². The highest BCUT2D eigenvalue weighted by atomic mass is 16.5. The summed E-state index contributed by atoms with van der Waals surface area (Å²) in [5.41, 5.74) is 4.53. The maximum absolute atomic E-state index is 13.3. The minimum absolute atomic E-state index is 0.102. The molecule has 1 fully saturated rings. The molecule has 35 heavy (non-hydrogen) atoms. The molecule has 2 amide bonds. The van der Waals surface area contributed by atoms with E-state index in [2.05, 4.69) is 39.3 Å². The number of hydrogen-bond acceptors (Lipinski definition) is 5. The lowest BCUT2D eigenvalue weighted by Crippen LogP contribution is -2.40. The fourth-order valence-electron chi connectivity index (χ4n) is 4.57. The van der Waals surface area contributed by atoms with Crippen molar-refractivity contribution in [2.24, 2.45) is 0 Å². The SMILES string of the molecule is CC#CC(=O)Nc1cc(C(=O)NCc2c(C)cc(C)[nH]c2=O)c(C)c(N(CC)C2CCOCC2)c1. The molecule has 186 valence electrons. The Morgan fingerprint density at radius 1 is 1.17 bits per heavy atom. The van der Waals surface area contributed by atoms with Crippen molar-refractivity contribution < 1.29 is 14.3 Å². The maximum Gasteiger partial charge on any atom is 0.300 e. The predicted molar refractivity (Wildman–Crippen MR) is 138 cm³/mol. The molecule has 0 atom stereocenters. The van der Waals surface area contributed by atoms with Gasteiger partial charge in [-0.3, -0.25) is 14.4 Å². The molecule has 0 bridgehead atoms. The Balaban J connectivity index is 1.97. The van der Waals surface area contributed by atoms with Crippen molar-refractivity contribution in [3.63, 3.8) is 0 Å². The number of carbonyl (C=O) groups is 2. The van der Waals surface area contributed by atoms with Crippen LogP contribution in [0.2, 0.25) is 0 Å². The van der Waals surface area contributed by atoms with Crippen LogP contribution in [-0.2, 0) is 16.1 Å². The van der Waals surface area contributed by atoms with Crippen molar-refractivity contribution in [3.05, 3.63) is 56.5 Å². The first-order valence-corrected chi connectivity index (χ1v) is 12.0. The van der Waals surface area contributed by atoms with Gasteiger partial charge in [0.15, 0.2) is 0 Å². The second-order valence-corrected chi connectivity index (χ2v) is 8.75. The van der Waals surface area contributed by atoms with Crippen LogP contribution in [0, 0.1) is 32.6 Å². The largest absolute Gasteiger partial charge is 0.381 e. The first-order valence-electron chi connectivity index (χ1n) is 12.0. The number of benzene rings is 1. The number of rotatable bonds is 7. The number of carbonyl (C=O) groups excluding carboxylic acids is 2. The van der Waals surface area contributed by atoms with Gasteiger partial charge in [0.05, 0.1) is 0 Å². The highest BCUT2D eigenvalue weighted by Gasteiger charge is 2.25. The van der Waals surface area contributed by atoms with Crippen LogP contribution in [0.5, 0.6) is 0 Å². The molecule has 0 saturated carbocycles. The highest BCUT2D eigenvalue weighted by Crippen LogP contribution is 2.32. The summed E-state index contributed by atoms with van der Waals surface area (Å²) in [4.78, 5) is 43.0. The lowest BCUT2D eigenvalue weighted by Gasteiger charge is -2.37. The van der Waals surface area contributed by atoms with Gasteiger partial charge in [-0.15, -0.1) is 0 Å². The molecule has 2 heterocycles. The Bertz CT molecular complexity index is 1220. The summed E-state index contributed by atoms with van der Waals surface area (Å²) in [6, 6.07) is 5.71. The van der Waals surface area contributed by atoms with E-state index in [4.69, 9.17) is 4.74 Å². The van der Waals surface area contributed by atoms with Crippen molar-refractivity contribution >= 4 is 23.2 Å². The smallest absolute Gasteiger partial charge is 0.300 e. The Kier molecular flexibility index (Phi) is 8.72. The Morgan fingerprint density at radius 3 is 2.51 bits per heavy atom.